The lowest BCUT2D eigenvalue weighted by atomic mass is 10.1. The van der Waals surface area contributed by atoms with Crippen molar-refractivity contribution in [3.8, 4) is 0 Å². The largest absolute Gasteiger partial charge is 0.349 e. The molecular formula is C19H20N4O2. The van der Waals surface area contributed by atoms with Gasteiger partial charge in [0.05, 0.1) is 17.8 Å². The maximum absolute atomic E-state index is 12.4. The summed E-state index contributed by atoms with van der Waals surface area (Å²) >= 11 is 0. The van der Waals surface area contributed by atoms with Crippen LogP contribution < -0.4 is 10.9 Å². The molecule has 1 aliphatic carbocycles. The summed E-state index contributed by atoms with van der Waals surface area (Å²) in [5.74, 6) is -0.189. The van der Waals surface area contributed by atoms with E-state index in [1.807, 2.05) is 31.2 Å². The lowest BCUT2D eigenvalue weighted by Gasteiger charge is -2.12. The molecule has 0 bridgehead atoms. The van der Waals surface area contributed by atoms with Crippen molar-refractivity contribution in [2.24, 2.45) is 0 Å². The van der Waals surface area contributed by atoms with Crippen molar-refractivity contribution in [2.45, 2.75) is 39.3 Å². The number of carbonyl (C=O) groups is 1. The minimum Gasteiger partial charge on any atom is -0.349 e. The fourth-order valence-corrected chi connectivity index (χ4v) is 3.58. The first-order chi connectivity index (χ1) is 12.1. The molecule has 0 aliphatic heterocycles. The fraction of sp³-hybridized carbons (Fsp3) is 0.316. The highest BCUT2D eigenvalue weighted by atomic mass is 16.2. The van der Waals surface area contributed by atoms with Crippen molar-refractivity contribution >= 4 is 16.8 Å². The van der Waals surface area contributed by atoms with E-state index in [-0.39, 0.29) is 18.0 Å². The van der Waals surface area contributed by atoms with E-state index in [1.165, 1.54) is 15.8 Å². The Balaban J connectivity index is 1.53. The predicted octanol–water partition coefficient (Wildman–Crippen LogP) is 1.84. The van der Waals surface area contributed by atoms with Gasteiger partial charge in [-0.1, -0.05) is 18.2 Å². The monoisotopic (exact) mass is 336 g/mol. The van der Waals surface area contributed by atoms with Gasteiger partial charge in [-0.3, -0.25) is 19.3 Å². The first-order valence-electron chi connectivity index (χ1n) is 8.54. The highest BCUT2D eigenvalue weighted by Gasteiger charge is 2.18. The third-order valence-corrected chi connectivity index (χ3v) is 4.87. The molecule has 2 N–H and O–H groups in total. The maximum atomic E-state index is 12.4. The van der Waals surface area contributed by atoms with Crippen LogP contribution in [0.4, 0.5) is 0 Å². The molecule has 0 saturated carbocycles. The number of aromatic amines is 1. The second-order valence-electron chi connectivity index (χ2n) is 6.53. The van der Waals surface area contributed by atoms with E-state index in [0.29, 0.717) is 6.54 Å². The molecule has 0 saturated heterocycles. The van der Waals surface area contributed by atoms with Gasteiger partial charge in [0.25, 0.3) is 5.56 Å². The van der Waals surface area contributed by atoms with Gasteiger partial charge in [0.1, 0.15) is 6.54 Å². The Hall–Kier alpha value is -2.89. The van der Waals surface area contributed by atoms with Gasteiger partial charge in [0.2, 0.25) is 5.91 Å². The molecule has 0 radical (unpaired) electrons. The zero-order valence-electron chi connectivity index (χ0n) is 14.1. The smallest absolute Gasteiger partial charge is 0.251 e. The lowest BCUT2D eigenvalue weighted by molar-refractivity contribution is -0.121. The van der Waals surface area contributed by atoms with Crippen LogP contribution in [0.25, 0.3) is 10.9 Å². The molecule has 1 aliphatic rings. The normalized spacial score (nSPS) is 13.2. The van der Waals surface area contributed by atoms with Crippen LogP contribution in [0.1, 0.15) is 28.9 Å². The topological polar surface area (TPSA) is 79.8 Å². The first kappa shape index (κ1) is 15.6. The van der Waals surface area contributed by atoms with Crippen LogP contribution >= 0.6 is 0 Å². The Morgan fingerprint density at radius 3 is 3.04 bits per heavy atom. The minimum absolute atomic E-state index is 0.00619. The summed E-state index contributed by atoms with van der Waals surface area (Å²) in [7, 11) is 0. The second kappa shape index (κ2) is 6.20. The summed E-state index contributed by atoms with van der Waals surface area (Å²) in [6.45, 7) is 2.31. The van der Waals surface area contributed by atoms with Crippen LogP contribution in [0.5, 0.6) is 0 Å². The van der Waals surface area contributed by atoms with Crippen LogP contribution in [0.3, 0.4) is 0 Å². The molecule has 4 rings (SSSR count). The Kier molecular flexibility index (Phi) is 3.87. The van der Waals surface area contributed by atoms with Crippen molar-refractivity contribution in [1.29, 1.82) is 0 Å². The SMILES string of the molecule is Cc1cc(=O)n(CC(=O)NCc2n[nH]c3c2CCC3)c2ccccc12. The first-order valence-corrected chi connectivity index (χ1v) is 8.54. The molecule has 128 valence electrons. The van der Waals surface area contributed by atoms with Crippen LogP contribution in [0.15, 0.2) is 35.1 Å². The predicted molar refractivity (Wildman–Crippen MR) is 95.4 cm³/mol. The standard InChI is InChI=1S/C19H20N4O2/c1-12-9-19(25)23(17-8-3-2-5-13(12)17)11-18(24)20-10-16-14-6-4-7-15(14)21-22-16/h2-3,5,8-9H,4,6-7,10-11H2,1H3,(H,20,24)(H,21,22). The van der Waals surface area contributed by atoms with Crippen molar-refractivity contribution in [3.63, 3.8) is 0 Å². The Labute approximate surface area is 144 Å². The Morgan fingerprint density at radius 2 is 2.16 bits per heavy atom. The average molecular weight is 336 g/mol. The molecular weight excluding hydrogens is 316 g/mol. The van der Waals surface area contributed by atoms with Crippen LogP contribution in [0.2, 0.25) is 0 Å². The van der Waals surface area contributed by atoms with Crippen molar-refractivity contribution in [1.82, 2.24) is 20.1 Å². The molecule has 1 aromatic carbocycles. The zero-order chi connectivity index (χ0) is 17.4. The van der Waals surface area contributed by atoms with E-state index in [1.54, 1.807) is 6.07 Å². The van der Waals surface area contributed by atoms with Gasteiger partial charge in [-0.25, -0.2) is 0 Å². The summed E-state index contributed by atoms with van der Waals surface area (Å²) < 4.78 is 1.52. The molecule has 2 aromatic heterocycles. The number of nitrogens with zero attached hydrogens (tertiary/aromatic N) is 2. The molecule has 1 amide bonds. The van der Waals surface area contributed by atoms with E-state index in [0.717, 1.165) is 41.4 Å². The quantitative estimate of drug-likeness (QED) is 0.763. The van der Waals surface area contributed by atoms with E-state index in [4.69, 9.17) is 0 Å². The Morgan fingerprint density at radius 1 is 1.32 bits per heavy atom. The number of pyridine rings is 1. The summed E-state index contributed by atoms with van der Waals surface area (Å²) in [6, 6.07) is 9.23. The number of H-pyrrole nitrogens is 1. The number of para-hydroxylation sites is 1. The third-order valence-electron chi connectivity index (χ3n) is 4.87. The van der Waals surface area contributed by atoms with E-state index < -0.39 is 0 Å². The molecule has 6 nitrogen and oxygen atoms in total. The van der Waals surface area contributed by atoms with Gasteiger partial charge in [0, 0.05) is 17.1 Å². The molecule has 6 heteroatoms. The number of hydrogen-bond acceptors (Lipinski definition) is 3. The van der Waals surface area contributed by atoms with Crippen LogP contribution in [0, 0.1) is 6.92 Å². The highest BCUT2D eigenvalue weighted by molar-refractivity contribution is 5.84. The Bertz CT molecular complexity index is 1020. The number of aryl methyl sites for hydroxylation is 2. The van der Waals surface area contributed by atoms with Crippen molar-refractivity contribution in [2.75, 3.05) is 0 Å². The van der Waals surface area contributed by atoms with Gasteiger partial charge in [-0.2, -0.15) is 5.10 Å². The number of nitrogens with one attached hydrogen (secondary N) is 2. The highest BCUT2D eigenvalue weighted by Crippen LogP contribution is 2.22. The molecule has 25 heavy (non-hydrogen) atoms. The second-order valence-corrected chi connectivity index (χ2v) is 6.53. The number of rotatable bonds is 4. The van der Waals surface area contributed by atoms with Gasteiger partial charge in [-0.15, -0.1) is 0 Å². The van der Waals surface area contributed by atoms with Crippen LogP contribution in [-0.4, -0.2) is 20.7 Å². The maximum Gasteiger partial charge on any atom is 0.251 e. The summed E-state index contributed by atoms with van der Waals surface area (Å²) in [6.07, 6.45) is 3.18. The van der Waals surface area contributed by atoms with E-state index in [2.05, 4.69) is 15.5 Å². The number of amides is 1. The van der Waals surface area contributed by atoms with Crippen molar-refractivity contribution in [3.05, 3.63) is 63.2 Å². The van der Waals surface area contributed by atoms with Gasteiger partial charge < -0.3 is 5.32 Å². The summed E-state index contributed by atoms with van der Waals surface area (Å²) in [5.41, 5.74) is 4.87. The number of fused-ring (bicyclic) bond motifs is 2. The summed E-state index contributed by atoms with van der Waals surface area (Å²) in [4.78, 5) is 24.7. The minimum atomic E-state index is -0.189. The molecule has 0 spiro atoms. The number of hydrogen-bond donors (Lipinski definition) is 2. The molecule has 0 fully saturated rings. The average Bonchev–Trinajstić information content (AvgIpc) is 3.21. The number of benzene rings is 1. The van der Waals surface area contributed by atoms with Crippen LogP contribution in [-0.2, 0) is 30.7 Å². The van der Waals surface area contributed by atoms with Gasteiger partial charge >= 0.3 is 0 Å². The summed E-state index contributed by atoms with van der Waals surface area (Å²) in [5, 5.41) is 11.2. The molecule has 2 heterocycles. The fourth-order valence-electron chi connectivity index (χ4n) is 3.58. The van der Waals surface area contributed by atoms with Gasteiger partial charge in [0.15, 0.2) is 0 Å². The lowest BCUT2D eigenvalue weighted by Crippen LogP contribution is -2.32. The molecule has 3 aromatic rings. The zero-order valence-corrected chi connectivity index (χ0v) is 14.1. The number of aromatic nitrogens is 3. The number of carbonyl (C=O) groups excluding carboxylic acids is 1. The van der Waals surface area contributed by atoms with E-state index in [9.17, 15) is 9.59 Å². The molecule has 0 unspecified atom stereocenters. The van der Waals surface area contributed by atoms with Crippen molar-refractivity contribution < 1.29 is 4.79 Å². The van der Waals surface area contributed by atoms with E-state index >= 15 is 0 Å². The van der Waals surface area contributed by atoms with Gasteiger partial charge in [-0.05, 0) is 43.4 Å². The third kappa shape index (κ3) is 2.84. The molecule has 0 atom stereocenters.